The van der Waals surface area contributed by atoms with E-state index in [4.69, 9.17) is 26.4 Å². The lowest BCUT2D eigenvalue weighted by atomic mass is 9.97. The van der Waals surface area contributed by atoms with Crippen LogP contribution in [0.25, 0.3) is 0 Å². The predicted octanol–water partition coefficient (Wildman–Crippen LogP) is 3.86. The number of rotatable bonds is 9. The first-order valence-corrected chi connectivity index (χ1v) is 11.8. The minimum Gasteiger partial charge on any atom is -0.493 e. The molecule has 32 heavy (non-hydrogen) atoms. The van der Waals surface area contributed by atoms with Crippen LogP contribution in [0.5, 0.6) is 17.2 Å². The number of hydrogen-bond acceptors (Lipinski definition) is 5. The number of amides is 1. The van der Waals surface area contributed by atoms with E-state index in [1.807, 2.05) is 17.1 Å². The maximum absolute atomic E-state index is 13.0. The number of allylic oxidation sites excluding steroid dienone is 1. The van der Waals surface area contributed by atoms with E-state index in [0.717, 1.165) is 31.5 Å². The molecular formula is C24H35N3O4S. The summed E-state index contributed by atoms with van der Waals surface area (Å²) < 4.78 is 16.2. The standard InChI is InChI=1S/C24H35N3O4S/c1-29-20-16-19(17-21(30-2)23(20)31-3)10-11-22(28)26-14-7-15-27(26)24(32)25-13-12-18-8-5-4-6-9-18/h8,16-17H,4-7,9-15H2,1-3H3,(H,25,32). The fraction of sp³-hybridized carbons (Fsp3) is 0.583. The van der Waals surface area contributed by atoms with Crippen LogP contribution in [0.4, 0.5) is 0 Å². The van der Waals surface area contributed by atoms with Gasteiger partial charge in [-0.05, 0) is 74.9 Å². The second-order valence-corrected chi connectivity index (χ2v) is 8.50. The van der Waals surface area contributed by atoms with Gasteiger partial charge >= 0.3 is 0 Å². The fourth-order valence-corrected chi connectivity index (χ4v) is 4.59. The number of ether oxygens (including phenoxy) is 3. The second kappa shape index (κ2) is 11.9. The molecule has 0 aromatic heterocycles. The summed E-state index contributed by atoms with van der Waals surface area (Å²) in [7, 11) is 4.76. The Morgan fingerprint density at radius 1 is 1.00 bits per heavy atom. The minimum absolute atomic E-state index is 0.0652. The second-order valence-electron chi connectivity index (χ2n) is 8.12. The molecule has 0 radical (unpaired) electrons. The Balaban J connectivity index is 1.54. The van der Waals surface area contributed by atoms with Crippen molar-refractivity contribution in [3.05, 3.63) is 29.3 Å². The van der Waals surface area contributed by atoms with E-state index < -0.39 is 0 Å². The Bertz CT molecular complexity index is 818. The van der Waals surface area contributed by atoms with Crippen LogP contribution in [-0.2, 0) is 11.2 Å². The van der Waals surface area contributed by atoms with Gasteiger partial charge in [0.05, 0.1) is 21.3 Å². The number of carbonyl (C=O) groups is 1. The molecule has 7 nitrogen and oxygen atoms in total. The Kier molecular flexibility index (Phi) is 9.02. The molecule has 8 heteroatoms. The Labute approximate surface area is 196 Å². The molecule has 0 unspecified atom stereocenters. The first-order valence-electron chi connectivity index (χ1n) is 11.4. The largest absolute Gasteiger partial charge is 0.493 e. The van der Waals surface area contributed by atoms with Gasteiger partial charge in [0.2, 0.25) is 11.7 Å². The monoisotopic (exact) mass is 461 g/mol. The molecule has 1 N–H and O–H groups in total. The molecule has 1 aliphatic carbocycles. The Morgan fingerprint density at radius 3 is 2.34 bits per heavy atom. The van der Waals surface area contributed by atoms with Gasteiger partial charge in [-0.2, -0.15) is 0 Å². The van der Waals surface area contributed by atoms with Gasteiger partial charge in [-0.3, -0.25) is 14.8 Å². The topological polar surface area (TPSA) is 63.3 Å². The van der Waals surface area contributed by atoms with E-state index >= 15 is 0 Å². The number of nitrogens with zero attached hydrogens (tertiary/aromatic N) is 2. The molecule has 2 aliphatic rings. The Morgan fingerprint density at radius 2 is 1.72 bits per heavy atom. The van der Waals surface area contributed by atoms with Gasteiger partial charge in [0.25, 0.3) is 0 Å². The van der Waals surface area contributed by atoms with Crippen molar-refractivity contribution in [2.45, 2.75) is 51.4 Å². The highest BCUT2D eigenvalue weighted by molar-refractivity contribution is 7.80. The molecular weight excluding hydrogens is 426 g/mol. The molecule has 1 saturated heterocycles. The average Bonchev–Trinajstić information content (AvgIpc) is 3.32. The van der Waals surface area contributed by atoms with Crippen LogP contribution in [0.2, 0.25) is 0 Å². The zero-order chi connectivity index (χ0) is 22.9. The highest BCUT2D eigenvalue weighted by Gasteiger charge is 2.28. The van der Waals surface area contributed by atoms with Crippen LogP contribution in [0.3, 0.4) is 0 Å². The molecule has 0 atom stereocenters. The molecule has 1 aromatic carbocycles. The van der Waals surface area contributed by atoms with Crippen LogP contribution >= 0.6 is 12.2 Å². The highest BCUT2D eigenvalue weighted by atomic mass is 32.1. The van der Waals surface area contributed by atoms with Crippen molar-refractivity contribution in [3.63, 3.8) is 0 Å². The van der Waals surface area contributed by atoms with Crippen molar-refractivity contribution in [1.29, 1.82) is 0 Å². The quantitative estimate of drug-likeness (QED) is 0.443. The van der Waals surface area contributed by atoms with Crippen molar-refractivity contribution in [2.75, 3.05) is 41.0 Å². The van der Waals surface area contributed by atoms with E-state index in [0.29, 0.717) is 41.7 Å². The SMILES string of the molecule is COc1cc(CCC(=O)N2CCCN2C(=S)NCCC2=CCCCC2)cc(OC)c1OC. The smallest absolute Gasteiger partial charge is 0.241 e. The van der Waals surface area contributed by atoms with Gasteiger partial charge in [0.15, 0.2) is 16.6 Å². The summed E-state index contributed by atoms with van der Waals surface area (Å²) in [6.45, 7) is 2.28. The number of methoxy groups -OCH3 is 3. The number of carbonyl (C=O) groups excluding carboxylic acids is 1. The summed E-state index contributed by atoms with van der Waals surface area (Å²) in [4.78, 5) is 13.0. The van der Waals surface area contributed by atoms with E-state index in [9.17, 15) is 4.79 Å². The lowest BCUT2D eigenvalue weighted by Gasteiger charge is -2.30. The van der Waals surface area contributed by atoms with E-state index in [-0.39, 0.29) is 5.91 Å². The summed E-state index contributed by atoms with van der Waals surface area (Å²) in [6.07, 6.45) is 10.2. The summed E-state index contributed by atoms with van der Waals surface area (Å²) in [5, 5.41) is 7.69. The molecule has 0 bridgehead atoms. The number of thiocarbonyl (C=S) groups is 1. The molecule has 176 valence electrons. The number of aryl methyl sites for hydroxylation is 1. The Hall–Kier alpha value is -2.48. The molecule has 1 aromatic rings. The first kappa shape index (κ1) is 24.2. The normalized spacial score (nSPS) is 15.9. The number of nitrogens with one attached hydrogen (secondary N) is 1. The van der Waals surface area contributed by atoms with Crippen LogP contribution in [0.1, 0.15) is 50.5 Å². The van der Waals surface area contributed by atoms with Gasteiger partial charge in [0, 0.05) is 26.1 Å². The molecule has 0 saturated carbocycles. The average molecular weight is 462 g/mol. The maximum atomic E-state index is 13.0. The number of hydrazine groups is 1. The van der Waals surface area contributed by atoms with Crippen LogP contribution in [-0.4, -0.2) is 62.0 Å². The predicted molar refractivity (Wildman–Crippen MR) is 129 cm³/mol. The molecule has 1 fully saturated rings. The van der Waals surface area contributed by atoms with Crippen molar-refractivity contribution in [3.8, 4) is 17.2 Å². The third-order valence-corrected chi connectivity index (χ3v) is 6.37. The zero-order valence-corrected chi connectivity index (χ0v) is 20.3. The van der Waals surface area contributed by atoms with Crippen molar-refractivity contribution in [2.24, 2.45) is 0 Å². The molecule has 1 aliphatic heterocycles. The summed E-state index contributed by atoms with van der Waals surface area (Å²) in [6, 6.07) is 3.78. The van der Waals surface area contributed by atoms with Crippen LogP contribution in [0, 0.1) is 0 Å². The van der Waals surface area contributed by atoms with Gasteiger partial charge in [-0.1, -0.05) is 11.6 Å². The van der Waals surface area contributed by atoms with E-state index in [1.165, 1.54) is 31.3 Å². The third-order valence-electron chi connectivity index (χ3n) is 6.01. The fourth-order valence-electron chi connectivity index (χ4n) is 4.30. The third kappa shape index (κ3) is 6.06. The highest BCUT2D eigenvalue weighted by Crippen LogP contribution is 2.38. The molecule has 1 heterocycles. The number of benzene rings is 1. The lowest BCUT2D eigenvalue weighted by Crippen LogP contribution is -2.49. The van der Waals surface area contributed by atoms with Gasteiger partial charge in [-0.15, -0.1) is 0 Å². The maximum Gasteiger partial charge on any atom is 0.241 e. The summed E-state index contributed by atoms with van der Waals surface area (Å²) in [5.74, 6) is 1.80. The van der Waals surface area contributed by atoms with Gasteiger partial charge in [-0.25, -0.2) is 0 Å². The van der Waals surface area contributed by atoms with Crippen molar-refractivity contribution >= 4 is 23.2 Å². The molecule has 3 rings (SSSR count). The van der Waals surface area contributed by atoms with Crippen LogP contribution < -0.4 is 19.5 Å². The van der Waals surface area contributed by atoms with Gasteiger partial charge in [0.1, 0.15) is 0 Å². The molecule has 1 amide bonds. The van der Waals surface area contributed by atoms with Crippen molar-refractivity contribution < 1.29 is 19.0 Å². The zero-order valence-electron chi connectivity index (χ0n) is 19.4. The summed E-state index contributed by atoms with van der Waals surface area (Å²) in [5.41, 5.74) is 2.48. The molecule has 0 spiro atoms. The lowest BCUT2D eigenvalue weighted by molar-refractivity contribution is -0.138. The van der Waals surface area contributed by atoms with E-state index in [2.05, 4.69) is 11.4 Å². The van der Waals surface area contributed by atoms with Crippen molar-refractivity contribution in [1.82, 2.24) is 15.3 Å². The first-order chi connectivity index (χ1) is 15.6. The van der Waals surface area contributed by atoms with Gasteiger partial charge < -0.3 is 19.5 Å². The van der Waals surface area contributed by atoms with Crippen LogP contribution in [0.15, 0.2) is 23.8 Å². The van der Waals surface area contributed by atoms with E-state index in [1.54, 1.807) is 26.3 Å². The summed E-state index contributed by atoms with van der Waals surface area (Å²) >= 11 is 5.60. The number of hydrogen-bond donors (Lipinski definition) is 1. The minimum atomic E-state index is 0.0652.